The Hall–Kier alpha value is -1.19. The van der Waals surface area contributed by atoms with E-state index in [0.717, 1.165) is 11.6 Å². The number of aromatic nitrogens is 1. The van der Waals surface area contributed by atoms with E-state index in [9.17, 15) is 0 Å². The van der Waals surface area contributed by atoms with Crippen molar-refractivity contribution in [2.24, 2.45) is 0 Å². The third kappa shape index (κ3) is 2.56. The lowest BCUT2D eigenvalue weighted by Gasteiger charge is -2.07. The molecule has 0 amide bonds. The van der Waals surface area contributed by atoms with Gasteiger partial charge in [0.25, 0.3) is 0 Å². The Morgan fingerprint density at radius 3 is 2.53 bits per heavy atom. The summed E-state index contributed by atoms with van der Waals surface area (Å²) in [6.07, 6.45) is 1.98. The highest BCUT2D eigenvalue weighted by molar-refractivity contribution is 7.15. The molecule has 0 fully saturated rings. The zero-order chi connectivity index (χ0) is 12.4. The van der Waals surface area contributed by atoms with Crippen molar-refractivity contribution < 1.29 is 0 Å². The molecule has 0 radical (unpaired) electrons. The fraction of sp³-hybridized carbons (Fsp3) is 0.357. The van der Waals surface area contributed by atoms with E-state index in [4.69, 9.17) is 0 Å². The van der Waals surface area contributed by atoms with Gasteiger partial charge in [0.15, 0.2) is 0 Å². The Kier molecular flexibility index (Phi) is 3.60. The quantitative estimate of drug-likeness (QED) is 0.897. The zero-order valence-corrected chi connectivity index (χ0v) is 11.6. The molecule has 0 saturated heterocycles. The Morgan fingerprint density at radius 1 is 1.12 bits per heavy atom. The topological polar surface area (TPSA) is 24.9 Å². The average Bonchev–Trinajstić information content (AvgIpc) is 2.72. The summed E-state index contributed by atoms with van der Waals surface area (Å²) in [5.74, 6) is 0. The van der Waals surface area contributed by atoms with E-state index >= 15 is 0 Å². The van der Waals surface area contributed by atoms with Gasteiger partial charge in [-0.05, 0) is 50.1 Å². The molecule has 0 atom stereocenters. The molecular weight excluding hydrogens is 228 g/mol. The van der Waals surface area contributed by atoms with Crippen molar-refractivity contribution in [1.82, 2.24) is 10.3 Å². The summed E-state index contributed by atoms with van der Waals surface area (Å²) in [5.41, 5.74) is 5.33. The minimum absolute atomic E-state index is 0.842. The Balaban J connectivity index is 2.41. The Labute approximate surface area is 107 Å². The lowest BCUT2D eigenvalue weighted by atomic mass is 10.0. The SMILES string of the molecule is CNCc1ncc(-c2cc(C)c(C)cc2C)s1. The number of nitrogens with one attached hydrogen (secondary N) is 1. The molecular formula is C14H18N2S. The number of aryl methyl sites for hydroxylation is 3. The molecule has 1 N–H and O–H groups in total. The van der Waals surface area contributed by atoms with Crippen LogP contribution in [0, 0.1) is 20.8 Å². The number of rotatable bonds is 3. The van der Waals surface area contributed by atoms with Crippen molar-refractivity contribution >= 4 is 11.3 Å². The van der Waals surface area contributed by atoms with Crippen molar-refractivity contribution in [3.63, 3.8) is 0 Å². The number of benzene rings is 1. The molecule has 2 rings (SSSR count). The Bertz CT molecular complexity index is 529. The summed E-state index contributed by atoms with van der Waals surface area (Å²) in [5, 5.41) is 4.27. The normalized spacial score (nSPS) is 10.8. The van der Waals surface area contributed by atoms with Crippen LogP contribution in [-0.2, 0) is 6.54 Å². The smallest absolute Gasteiger partial charge is 0.107 e. The van der Waals surface area contributed by atoms with E-state index in [0.29, 0.717) is 0 Å². The van der Waals surface area contributed by atoms with Gasteiger partial charge in [0.1, 0.15) is 5.01 Å². The van der Waals surface area contributed by atoms with E-state index in [-0.39, 0.29) is 0 Å². The molecule has 0 aliphatic heterocycles. The lowest BCUT2D eigenvalue weighted by molar-refractivity contribution is 0.810. The van der Waals surface area contributed by atoms with Crippen LogP contribution in [0.3, 0.4) is 0 Å². The third-order valence-electron chi connectivity index (χ3n) is 2.99. The van der Waals surface area contributed by atoms with E-state index in [1.54, 1.807) is 11.3 Å². The molecule has 0 unspecified atom stereocenters. The number of thiazole rings is 1. The first kappa shape index (κ1) is 12.3. The van der Waals surface area contributed by atoms with Crippen LogP contribution in [-0.4, -0.2) is 12.0 Å². The molecule has 90 valence electrons. The van der Waals surface area contributed by atoms with Crippen LogP contribution in [0.1, 0.15) is 21.7 Å². The summed E-state index contributed by atoms with van der Waals surface area (Å²) in [4.78, 5) is 5.69. The first-order valence-electron chi connectivity index (χ1n) is 5.79. The molecule has 2 nitrogen and oxygen atoms in total. The third-order valence-corrected chi connectivity index (χ3v) is 4.02. The fourth-order valence-electron chi connectivity index (χ4n) is 1.89. The second kappa shape index (κ2) is 4.98. The highest BCUT2D eigenvalue weighted by Crippen LogP contribution is 2.30. The van der Waals surface area contributed by atoms with Gasteiger partial charge >= 0.3 is 0 Å². The van der Waals surface area contributed by atoms with Crippen molar-refractivity contribution in [2.75, 3.05) is 7.05 Å². The molecule has 0 aliphatic rings. The fourth-order valence-corrected chi connectivity index (χ4v) is 2.90. The molecule has 2 aromatic rings. The molecule has 1 heterocycles. The molecule has 0 bridgehead atoms. The number of hydrogen-bond donors (Lipinski definition) is 1. The van der Waals surface area contributed by atoms with E-state index in [1.807, 2.05) is 13.2 Å². The van der Waals surface area contributed by atoms with E-state index < -0.39 is 0 Å². The van der Waals surface area contributed by atoms with Crippen LogP contribution in [0.25, 0.3) is 10.4 Å². The second-order valence-electron chi connectivity index (χ2n) is 4.40. The summed E-state index contributed by atoms with van der Waals surface area (Å²) in [7, 11) is 1.95. The molecule has 1 aromatic heterocycles. The van der Waals surface area contributed by atoms with Crippen LogP contribution in [0.2, 0.25) is 0 Å². The predicted octanol–water partition coefficient (Wildman–Crippen LogP) is 3.45. The summed E-state index contributed by atoms with van der Waals surface area (Å²) in [6.45, 7) is 7.33. The summed E-state index contributed by atoms with van der Waals surface area (Å²) in [6, 6.07) is 4.52. The molecule has 1 aromatic carbocycles. The van der Waals surface area contributed by atoms with Gasteiger partial charge in [0.05, 0.1) is 4.88 Å². The standard InChI is InChI=1S/C14H18N2S/c1-9-5-11(3)12(6-10(9)2)13-7-16-14(17-13)8-15-4/h5-7,15H,8H2,1-4H3. The molecule has 0 spiro atoms. The van der Waals surface area contributed by atoms with Crippen molar-refractivity contribution in [3.05, 3.63) is 40.0 Å². The van der Waals surface area contributed by atoms with Crippen LogP contribution >= 0.6 is 11.3 Å². The van der Waals surface area contributed by atoms with Gasteiger partial charge in [-0.3, -0.25) is 0 Å². The van der Waals surface area contributed by atoms with Crippen LogP contribution in [0.5, 0.6) is 0 Å². The lowest BCUT2D eigenvalue weighted by Crippen LogP contribution is -2.03. The highest BCUT2D eigenvalue weighted by Gasteiger charge is 2.08. The minimum Gasteiger partial charge on any atom is -0.314 e. The summed E-state index contributed by atoms with van der Waals surface area (Å²) < 4.78 is 0. The predicted molar refractivity (Wildman–Crippen MR) is 74.5 cm³/mol. The number of hydrogen-bond acceptors (Lipinski definition) is 3. The minimum atomic E-state index is 0.842. The maximum absolute atomic E-state index is 4.43. The first-order valence-corrected chi connectivity index (χ1v) is 6.61. The van der Waals surface area contributed by atoms with E-state index in [2.05, 4.69) is 43.2 Å². The van der Waals surface area contributed by atoms with Crippen LogP contribution < -0.4 is 5.32 Å². The van der Waals surface area contributed by atoms with Gasteiger partial charge in [-0.1, -0.05) is 12.1 Å². The maximum Gasteiger partial charge on any atom is 0.107 e. The first-order chi connectivity index (χ1) is 8.11. The van der Waals surface area contributed by atoms with Gasteiger partial charge in [-0.15, -0.1) is 11.3 Å². The van der Waals surface area contributed by atoms with Crippen molar-refractivity contribution in [2.45, 2.75) is 27.3 Å². The molecule has 17 heavy (non-hydrogen) atoms. The number of nitrogens with zero attached hydrogens (tertiary/aromatic N) is 1. The van der Waals surface area contributed by atoms with Crippen LogP contribution in [0.4, 0.5) is 0 Å². The molecule has 0 aliphatic carbocycles. The zero-order valence-electron chi connectivity index (χ0n) is 10.8. The second-order valence-corrected chi connectivity index (χ2v) is 5.52. The average molecular weight is 246 g/mol. The molecule has 3 heteroatoms. The summed E-state index contributed by atoms with van der Waals surface area (Å²) >= 11 is 1.77. The highest BCUT2D eigenvalue weighted by atomic mass is 32.1. The monoisotopic (exact) mass is 246 g/mol. The van der Waals surface area contributed by atoms with Gasteiger partial charge < -0.3 is 5.32 Å². The van der Waals surface area contributed by atoms with E-state index in [1.165, 1.54) is 27.1 Å². The van der Waals surface area contributed by atoms with Crippen molar-refractivity contribution in [3.8, 4) is 10.4 Å². The molecule has 0 saturated carbocycles. The maximum atomic E-state index is 4.43. The van der Waals surface area contributed by atoms with Gasteiger partial charge in [0.2, 0.25) is 0 Å². The Morgan fingerprint density at radius 2 is 1.82 bits per heavy atom. The van der Waals surface area contributed by atoms with Crippen molar-refractivity contribution in [1.29, 1.82) is 0 Å². The van der Waals surface area contributed by atoms with Gasteiger partial charge in [0, 0.05) is 12.7 Å². The van der Waals surface area contributed by atoms with Gasteiger partial charge in [-0.25, -0.2) is 4.98 Å². The van der Waals surface area contributed by atoms with Crippen LogP contribution in [0.15, 0.2) is 18.3 Å². The van der Waals surface area contributed by atoms with Gasteiger partial charge in [-0.2, -0.15) is 0 Å². The largest absolute Gasteiger partial charge is 0.314 e.